The van der Waals surface area contributed by atoms with Crippen LogP contribution < -0.4 is 0 Å². The van der Waals surface area contributed by atoms with E-state index in [4.69, 9.17) is 10.00 Å². The molecule has 1 rings (SSSR count). The lowest BCUT2D eigenvalue weighted by Gasteiger charge is -2.08. The van der Waals surface area contributed by atoms with Crippen LogP contribution in [0.3, 0.4) is 0 Å². The van der Waals surface area contributed by atoms with Gasteiger partial charge in [0, 0.05) is 12.5 Å². The topological polar surface area (TPSA) is 50.1 Å². The minimum atomic E-state index is -0.965. The molecule has 0 saturated heterocycles. The van der Waals surface area contributed by atoms with Gasteiger partial charge in [-0.1, -0.05) is 12.1 Å². The summed E-state index contributed by atoms with van der Waals surface area (Å²) in [6.07, 6.45) is -0.965. The second-order valence-electron chi connectivity index (χ2n) is 2.67. The molecule has 1 aromatic rings. The Balaban J connectivity index is 2.85. The van der Waals surface area contributed by atoms with Crippen molar-refractivity contribution in [3.63, 3.8) is 0 Å². The third-order valence-corrected chi connectivity index (χ3v) is 1.57. The van der Waals surface area contributed by atoms with Gasteiger partial charge in [0.2, 0.25) is 6.10 Å². The molecule has 72 valence electrons. The molecular weight excluding hydrogens is 185 g/mol. The zero-order valence-electron chi connectivity index (χ0n) is 7.53. The first-order valence-corrected chi connectivity index (χ1v) is 3.96. The molecule has 0 amide bonds. The number of nitriles is 1. The number of ether oxygens (including phenoxy) is 1. The Bertz CT molecular complexity index is 367. The van der Waals surface area contributed by atoms with Gasteiger partial charge >= 0.3 is 5.97 Å². The van der Waals surface area contributed by atoms with E-state index in [1.165, 1.54) is 31.2 Å². The summed E-state index contributed by atoms with van der Waals surface area (Å²) in [5.74, 6) is -0.936. The fourth-order valence-electron chi connectivity index (χ4n) is 0.972. The third kappa shape index (κ3) is 2.56. The Kier molecular flexibility index (Phi) is 3.19. The monoisotopic (exact) mass is 193 g/mol. The number of nitrogens with zero attached hydrogens (tertiary/aromatic N) is 1. The Hall–Kier alpha value is -1.89. The van der Waals surface area contributed by atoms with Gasteiger partial charge in [0.25, 0.3) is 0 Å². The Labute approximate surface area is 80.7 Å². The molecule has 0 unspecified atom stereocenters. The fraction of sp³-hybridized carbons (Fsp3) is 0.200. The highest BCUT2D eigenvalue weighted by Crippen LogP contribution is 2.16. The first-order valence-electron chi connectivity index (χ1n) is 3.96. The van der Waals surface area contributed by atoms with Crippen molar-refractivity contribution in [3.8, 4) is 6.07 Å². The van der Waals surface area contributed by atoms with Crippen LogP contribution in [0.5, 0.6) is 0 Å². The van der Waals surface area contributed by atoms with Gasteiger partial charge in [-0.25, -0.2) is 4.39 Å². The number of carbonyl (C=O) groups excluding carboxylic acids is 1. The smallest absolute Gasteiger partial charge is 0.304 e. The maximum Gasteiger partial charge on any atom is 0.304 e. The molecule has 0 heterocycles. The van der Waals surface area contributed by atoms with E-state index in [1.807, 2.05) is 0 Å². The highest BCUT2D eigenvalue weighted by Gasteiger charge is 2.12. The van der Waals surface area contributed by atoms with Gasteiger partial charge in [0.1, 0.15) is 11.9 Å². The summed E-state index contributed by atoms with van der Waals surface area (Å²) in [7, 11) is 0. The van der Waals surface area contributed by atoms with Crippen molar-refractivity contribution in [3.05, 3.63) is 35.6 Å². The van der Waals surface area contributed by atoms with E-state index in [2.05, 4.69) is 0 Å². The summed E-state index contributed by atoms with van der Waals surface area (Å²) in [5.41, 5.74) is 0.462. The molecule has 3 nitrogen and oxygen atoms in total. The van der Waals surface area contributed by atoms with Crippen molar-refractivity contribution in [2.45, 2.75) is 13.0 Å². The zero-order chi connectivity index (χ0) is 10.6. The summed E-state index contributed by atoms with van der Waals surface area (Å²) in [6.45, 7) is 1.22. The van der Waals surface area contributed by atoms with Gasteiger partial charge in [0.15, 0.2) is 0 Å². The van der Waals surface area contributed by atoms with Crippen LogP contribution in [-0.2, 0) is 9.53 Å². The quantitative estimate of drug-likeness (QED) is 0.674. The minimum Gasteiger partial charge on any atom is -0.442 e. The first kappa shape index (κ1) is 10.2. The Morgan fingerprint density at radius 3 is 2.50 bits per heavy atom. The van der Waals surface area contributed by atoms with Crippen molar-refractivity contribution < 1.29 is 13.9 Å². The predicted molar refractivity (Wildman–Crippen MR) is 46.5 cm³/mol. The second-order valence-corrected chi connectivity index (χ2v) is 2.67. The van der Waals surface area contributed by atoms with Crippen LogP contribution >= 0.6 is 0 Å². The van der Waals surface area contributed by atoms with Crippen molar-refractivity contribution in [2.24, 2.45) is 0 Å². The van der Waals surface area contributed by atoms with E-state index in [0.29, 0.717) is 5.56 Å². The standard InChI is InChI=1S/C10H8FNO2/c1-7(13)14-10(6-12)8-2-4-9(11)5-3-8/h2-5,10H,1H3/t10-/m1/s1. The van der Waals surface area contributed by atoms with Gasteiger partial charge < -0.3 is 4.74 Å². The van der Waals surface area contributed by atoms with Crippen molar-refractivity contribution in [1.29, 1.82) is 5.26 Å². The van der Waals surface area contributed by atoms with Gasteiger partial charge in [-0.3, -0.25) is 4.79 Å². The molecule has 0 N–H and O–H groups in total. The van der Waals surface area contributed by atoms with E-state index < -0.39 is 17.9 Å². The maximum absolute atomic E-state index is 12.5. The van der Waals surface area contributed by atoms with Crippen LogP contribution in [0.1, 0.15) is 18.6 Å². The summed E-state index contributed by atoms with van der Waals surface area (Å²) >= 11 is 0. The molecule has 0 aliphatic carbocycles. The number of hydrogen-bond acceptors (Lipinski definition) is 3. The Morgan fingerprint density at radius 2 is 2.07 bits per heavy atom. The molecule has 4 heteroatoms. The van der Waals surface area contributed by atoms with Crippen LogP contribution in [-0.4, -0.2) is 5.97 Å². The van der Waals surface area contributed by atoms with Crippen LogP contribution in [0.2, 0.25) is 0 Å². The van der Waals surface area contributed by atoms with Crippen molar-refractivity contribution >= 4 is 5.97 Å². The van der Waals surface area contributed by atoms with E-state index in [1.54, 1.807) is 6.07 Å². The van der Waals surface area contributed by atoms with Crippen LogP contribution in [0.15, 0.2) is 24.3 Å². The maximum atomic E-state index is 12.5. The minimum absolute atomic E-state index is 0.395. The van der Waals surface area contributed by atoms with Gasteiger partial charge in [0.05, 0.1) is 0 Å². The number of hydrogen-bond donors (Lipinski definition) is 0. The largest absolute Gasteiger partial charge is 0.442 e. The zero-order valence-corrected chi connectivity index (χ0v) is 7.53. The molecule has 1 aromatic carbocycles. The van der Waals surface area contributed by atoms with Gasteiger partial charge in [-0.2, -0.15) is 5.26 Å². The highest BCUT2D eigenvalue weighted by molar-refractivity contribution is 5.66. The second kappa shape index (κ2) is 4.38. The molecular formula is C10H8FNO2. The molecule has 0 saturated carbocycles. The summed E-state index contributed by atoms with van der Waals surface area (Å²) in [5, 5.41) is 8.68. The molecule has 0 fully saturated rings. The molecule has 14 heavy (non-hydrogen) atoms. The van der Waals surface area contributed by atoms with Crippen molar-refractivity contribution in [2.75, 3.05) is 0 Å². The normalized spacial score (nSPS) is 11.5. The highest BCUT2D eigenvalue weighted by atomic mass is 19.1. The number of carbonyl (C=O) groups is 1. The van der Waals surface area contributed by atoms with E-state index in [0.717, 1.165) is 0 Å². The molecule has 1 atom stereocenters. The predicted octanol–water partition coefficient (Wildman–Crippen LogP) is 1.95. The molecule has 0 bridgehead atoms. The summed E-state index contributed by atoms with van der Waals surface area (Å²) in [4.78, 5) is 10.6. The molecule has 0 aliphatic heterocycles. The lowest BCUT2D eigenvalue weighted by molar-refractivity contribution is -0.144. The number of halogens is 1. The summed E-state index contributed by atoms with van der Waals surface area (Å²) < 4.78 is 17.2. The van der Waals surface area contributed by atoms with Gasteiger partial charge in [-0.15, -0.1) is 0 Å². The van der Waals surface area contributed by atoms with E-state index >= 15 is 0 Å². The third-order valence-electron chi connectivity index (χ3n) is 1.57. The average molecular weight is 193 g/mol. The van der Waals surface area contributed by atoms with Crippen LogP contribution in [0.4, 0.5) is 4.39 Å². The molecule has 0 aliphatic rings. The lowest BCUT2D eigenvalue weighted by Crippen LogP contribution is -2.06. The average Bonchev–Trinajstić information content (AvgIpc) is 2.15. The number of benzene rings is 1. The molecule has 0 radical (unpaired) electrons. The summed E-state index contributed by atoms with van der Waals surface area (Å²) in [6, 6.07) is 7.04. The Morgan fingerprint density at radius 1 is 1.50 bits per heavy atom. The lowest BCUT2D eigenvalue weighted by atomic mass is 10.1. The van der Waals surface area contributed by atoms with Gasteiger partial charge in [-0.05, 0) is 12.1 Å². The van der Waals surface area contributed by atoms with Crippen molar-refractivity contribution in [1.82, 2.24) is 0 Å². The fourth-order valence-corrected chi connectivity index (χ4v) is 0.972. The molecule has 0 spiro atoms. The van der Waals surface area contributed by atoms with E-state index in [-0.39, 0.29) is 0 Å². The molecule has 0 aromatic heterocycles. The van der Waals surface area contributed by atoms with E-state index in [9.17, 15) is 9.18 Å². The van der Waals surface area contributed by atoms with Crippen LogP contribution in [0, 0.1) is 17.1 Å². The number of esters is 1. The first-order chi connectivity index (χ1) is 6.63. The SMILES string of the molecule is CC(=O)O[C@H](C#N)c1ccc(F)cc1. The number of rotatable bonds is 2. The van der Waals surface area contributed by atoms with Crippen LogP contribution in [0.25, 0.3) is 0 Å².